The highest BCUT2D eigenvalue weighted by Crippen LogP contribution is 2.80. The van der Waals surface area contributed by atoms with Crippen LogP contribution in [0.15, 0.2) is 24.3 Å². The molecule has 0 amide bonds. The number of hydrogen-bond acceptors (Lipinski definition) is 6. The Labute approximate surface area is 493 Å². The third-order valence-electron chi connectivity index (χ3n) is 29.6. The summed E-state index contributed by atoms with van der Waals surface area (Å²) in [6.45, 7) is 42.7. The number of aliphatic hydroxyl groups excluding tert-OH is 1. The summed E-state index contributed by atoms with van der Waals surface area (Å²) in [6, 6.07) is 0. The van der Waals surface area contributed by atoms with Crippen LogP contribution in [0.1, 0.15) is 250 Å². The van der Waals surface area contributed by atoms with Crippen molar-refractivity contribution in [3.8, 4) is 0 Å². The molecule has 21 atom stereocenters. The average molecular weight is 1140 g/mol. The molecule has 0 aromatic heterocycles. The molecule has 0 aromatic rings. The van der Waals surface area contributed by atoms with E-state index in [9.17, 15) is 9.90 Å². The molecule has 10 aliphatic carbocycles. The van der Waals surface area contributed by atoms with Crippen LogP contribution >= 0.6 is 23.2 Å². The molecule has 12 fully saturated rings. The second kappa shape index (κ2) is 22.4. The number of ether oxygens (including phenoxy) is 4. The van der Waals surface area contributed by atoms with E-state index in [1.165, 1.54) is 146 Å². The molecule has 8 heteroatoms. The van der Waals surface area contributed by atoms with Crippen molar-refractivity contribution in [1.82, 2.24) is 0 Å². The van der Waals surface area contributed by atoms with Crippen molar-refractivity contribution in [1.29, 1.82) is 0 Å². The van der Waals surface area contributed by atoms with E-state index >= 15 is 0 Å². The molecule has 12 rings (SSSR count). The highest BCUT2D eigenvalue weighted by atomic mass is 35.5. The number of ketones is 1. The zero-order valence-corrected chi connectivity index (χ0v) is 54.1. The van der Waals surface area contributed by atoms with Crippen molar-refractivity contribution in [2.75, 3.05) is 31.8 Å². The maximum atomic E-state index is 13.1. The van der Waals surface area contributed by atoms with Crippen LogP contribution in [0, 0.1) is 113 Å². The second-order valence-corrected chi connectivity index (χ2v) is 33.7. The van der Waals surface area contributed by atoms with Gasteiger partial charge in [-0.1, -0.05) is 93.5 Å². The van der Waals surface area contributed by atoms with Crippen molar-refractivity contribution in [2.45, 2.75) is 269 Å². The molecule has 2 unspecified atom stereocenters. The molecule has 0 bridgehead atoms. The van der Waals surface area contributed by atoms with Crippen molar-refractivity contribution in [2.24, 2.45) is 113 Å². The first-order chi connectivity index (χ1) is 37.2. The van der Waals surface area contributed by atoms with Gasteiger partial charge in [0.1, 0.15) is 5.78 Å². The minimum atomic E-state index is -0.164. The van der Waals surface area contributed by atoms with E-state index in [-0.39, 0.29) is 45.7 Å². The number of halogens is 2. The number of carbonyl (C=O) groups excluding carboxylic acids is 1. The normalized spacial score (nSPS) is 51.1. The fourth-order valence-corrected chi connectivity index (χ4v) is 25.1. The van der Waals surface area contributed by atoms with Crippen LogP contribution < -0.4 is 0 Å². The highest BCUT2D eigenvalue weighted by molar-refractivity contribution is 6.40. The smallest absolute Gasteiger partial charge is 0.157 e. The van der Waals surface area contributed by atoms with Gasteiger partial charge in [-0.3, -0.25) is 4.79 Å². The van der Waals surface area contributed by atoms with Gasteiger partial charge in [-0.15, -0.1) is 23.2 Å². The molecule has 0 aromatic carbocycles. The third kappa shape index (κ3) is 9.70. The summed E-state index contributed by atoms with van der Waals surface area (Å²) in [5.74, 6) is 7.37. The van der Waals surface area contributed by atoms with Crippen LogP contribution in [0.25, 0.3) is 0 Å². The summed E-state index contributed by atoms with van der Waals surface area (Å²) in [6.07, 6.45) is 32.0. The summed E-state index contributed by atoms with van der Waals surface area (Å²) in [7, 11) is 0. The molecule has 6 nitrogen and oxygen atoms in total. The van der Waals surface area contributed by atoms with Crippen LogP contribution in [0.4, 0.5) is 0 Å². The molecule has 450 valence electrons. The standard InChI is InChI=1S/C35H58O3.C35H56O3.CH2Cl2/c2*1-23(2)24-13-18-35(22-38-29-10-8-9-21-37-29)20-19-33(6)25(30(24)35)11-12-27-32(5)16-15-28(36)31(3,4)26(32)14-17-34(27,33)7;2-1-3/h24-30,36H,1,8-22H2,2-7H3;24-27,29-30H,1,8-22H2,2-7H3;1H2/t24-,25+,26-,27+,28-,29?,30+,32-,33+,34+,35+;24-,25+,26-,27+,29?,30+,32-,33+,34+,35+;/m00./s1. The van der Waals surface area contributed by atoms with Crippen molar-refractivity contribution in [3.63, 3.8) is 0 Å². The molecule has 2 aliphatic heterocycles. The van der Waals surface area contributed by atoms with Crippen LogP contribution in [-0.4, -0.2) is 61.3 Å². The predicted octanol–water partition coefficient (Wildman–Crippen LogP) is 18.7. The van der Waals surface area contributed by atoms with Crippen molar-refractivity contribution >= 4 is 29.0 Å². The van der Waals surface area contributed by atoms with Gasteiger partial charge in [0, 0.05) is 25.0 Å². The monoisotopic (exact) mass is 1130 g/mol. The summed E-state index contributed by atoms with van der Waals surface area (Å²) in [4.78, 5) is 13.1. The van der Waals surface area contributed by atoms with Crippen molar-refractivity contribution < 1.29 is 28.8 Å². The lowest BCUT2D eigenvalue weighted by Crippen LogP contribution is -2.66. The number of carbonyl (C=O) groups is 1. The fraction of sp³-hybridized carbons (Fsp3) is 0.930. The van der Waals surface area contributed by atoms with E-state index in [0.717, 1.165) is 82.2 Å². The lowest BCUT2D eigenvalue weighted by Gasteiger charge is -2.73. The molecule has 2 saturated heterocycles. The lowest BCUT2D eigenvalue weighted by molar-refractivity contribution is -0.256. The Hall–Kier alpha value is -0.470. The van der Waals surface area contributed by atoms with Crippen LogP contribution in [0.3, 0.4) is 0 Å². The van der Waals surface area contributed by atoms with Crippen LogP contribution in [-0.2, 0) is 23.7 Å². The average Bonchev–Trinajstić information content (AvgIpc) is 4.04. The van der Waals surface area contributed by atoms with E-state index < -0.39 is 0 Å². The van der Waals surface area contributed by atoms with E-state index in [0.29, 0.717) is 73.8 Å². The molecule has 2 heterocycles. The second-order valence-electron chi connectivity index (χ2n) is 32.9. The number of fused-ring (bicyclic) bond motifs is 14. The van der Waals surface area contributed by atoms with Crippen molar-refractivity contribution in [3.05, 3.63) is 24.3 Å². The molecule has 1 N–H and O–H groups in total. The van der Waals surface area contributed by atoms with Gasteiger partial charge in [0.15, 0.2) is 12.6 Å². The maximum Gasteiger partial charge on any atom is 0.157 e. The number of alkyl halides is 2. The SMILES string of the molecule is C=C(C)[C@@H]1CC[C@]2(COC3CCCCO3)CC[C@]3(C)[C@H](CC[C@@H]4[C@@]5(C)CCC(=O)C(C)(C)[C@@H]5CC[C@]43C)[C@@H]12.C=C(C)[C@@H]1CC[C@]2(COC3CCCCO3)CC[C@]3(C)[C@H](CC[C@@H]4[C@@]5(C)CC[C@H](O)C(C)(C)[C@@H]5CC[C@]43C)[C@@H]12.ClCCl. The minimum Gasteiger partial charge on any atom is -0.393 e. The molecule has 0 radical (unpaired) electrons. The zero-order chi connectivity index (χ0) is 57.0. The van der Waals surface area contributed by atoms with Gasteiger partial charge in [0.2, 0.25) is 0 Å². The first kappa shape index (κ1) is 61.6. The topological polar surface area (TPSA) is 74.2 Å². The molecule has 0 spiro atoms. The van der Waals surface area contributed by atoms with Gasteiger partial charge in [-0.2, -0.15) is 0 Å². The van der Waals surface area contributed by atoms with Gasteiger partial charge >= 0.3 is 0 Å². The molecule has 79 heavy (non-hydrogen) atoms. The largest absolute Gasteiger partial charge is 0.393 e. The molecule has 12 aliphatic rings. The van der Waals surface area contributed by atoms with E-state index in [1.807, 2.05) is 0 Å². The Kier molecular flexibility index (Phi) is 17.4. The highest BCUT2D eigenvalue weighted by Gasteiger charge is 2.73. The van der Waals surface area contributed by atoms with Gasteiger partial charge in [0.25, 0.3) is 0 Å². The first-order valence-electron chi connectivity index (χ1n) is 33.3. The Morgan fingerprint density at radius 3 is 1.39 bits per heavy atom. The molecule has 10 saturated carbocycles. The Morgan fingerprint density at radius 1 is 0.519 bits per heavy atom. The Bertz CT molecular complexity index is 2220. The molecular formula is C71H116Cl2O6. The van der Waals surface area contributed by atoms with E-state index in [4.69, 9.17) is 42.1 Å². The van der Waals surface area contributed by atoms with Gasteiger partial charge < -0.3 is 24.1 Å². The number of allylic oxidation sites excluding steroid dienone is 2. The fourth-order valence-electron chi connectivity index (χ4n) is 25.1. The Balaban J connectivity index is 0.000000170. The van der Waals surface area contributed by atoms with Gasteiger partial charge in [-0.05, 0) is 282 Å². The Morgan fingerprint density at radius 2 is 0.962 bits per heavy atom. The number of aliphatic hydroxyl groups is 1. The quantitative estimate of drug-likeness (QED) is 0.193. The van der Waals surface area contributed by atoms with Crippen LogP contribution in [0.2, 0.25) is 0 Å². The first-order valence-corrected chi connectivity index (χ1v) is 34.4. The third-order valence-corrected chi connectivity index (χ3v) is 29.6. The summed E-state index contributed by atoms with van der Waals surface area (Å²) in [5, 5.41) is 11.2. The predicted molar refractivity (Wildman–Crippen MR) is 325 cm³/mol. The number of rotatable bonds is 8. The summed E-state index contributed by atoms with van der Waals surface area (Å²) in [5.41, 5.74) is 5.37. The van der Waals surface area contributed by atoms with Gasteiger partial charge in [0.05, 0.1) is 24.7 Å². The number of hydrogen-bond donors (Lipinski definition) is 1. The van der Waals surface area contributed by atoms with Gasteiger partial charge in [-0.25, -0.2) is 0 Å². The lowest BCUT2D eigenvalue weighted by atomic mass is 9.32. The molecular weight excluding hydrogens is 1020 g/mol. The van der Waals surface area contributed by atoms with Crippen LogP contribution in [0.5, 0.6) is 0 Å². The maximum absolute atomic E-state index is 13.1. The number of Topliss-reactive ketones (excluding diaryl/α,β-unsaturated/α-hetero) is 1. The van der Waals surface area contributed by atoms with E-state index in [1.54, 1.807) is 0 Å². The summed E-state index contributed by atoms with van der Waals surface area (Å²) < 4.78 is 25.3. The zero-order valence-electron chi connectivity index (χ0n) is 52.6. The minimum absolute atomic E-state index is 0.0109. The summed E-state index contributed by atoms with van der Waals surface area (Å²) >= 11 is 9.53. The van der Waals surface area contributed by atoms with E-state index in [2.05, 4.69) is 96.2 Å².